The summed E-state index contributed by atoms with van der Waals surface area (Å²) in [5.41, 5.74) is 4.55. The van der Waals surface area contributed by atoms with Gasteiger partial charge in [0, 0.05) is 0 Å². The first-order valence-corrected chi connectivity index (χ1v) is 13.0. The van der Waals surface area contributed by atoms with Crippen LogP contribution in [0.4, 0.5) is 0 Å². The van der Waals surface area contributed by atoms with Crippen LogP contribution in [0.2, 0.25) is 0 Å². The van der Waals surface area contributed by atoms with Crippen LogP contribution in [0.5, 0.6) is 0 Å². The van der Waals surface area contributed by atoms with Crippen molar-refractivity contribution in [1.82, 2.24) is 9.71 Å². The Bertz CT molecular complexity index is 1570. The van der Waals surface area contributed by atoms with Crippen LogP contribution in [-0.2, 0) is 10.0 Å². The molecule has 0 unspecified atom stereocenters. The molecule has 1 aliphatic rings. The predicted molar refractivity (Wildman–Crippen MR) is 131 cm³/mol. The number of oxazole rings is 1. The summed E-state index contributed by atoms with van der Waals surface area (Å²) < 4.78 is 35.7. The molecule has 0 radical (unpaired) electrons. The number of aromatic nitrogens is 1. The number of nitrogens with zero attached hydrogens (tertiary/aromatic N) is 1. The number of rotatable bonds is 5. The number of nitrogens with one attached hydrogen (secondary N) is 1. The summed E-state index contributed by atoms with van der Waals surface area (Å²) in [4.78, 5) is 4.87. The molecular formula is C26H20N2O3S2. The van der Waals surface area contributed by atoms with Gasteiger partial charge in [0.25, 0.3) is 5.22 Å². The Balaban J connectivity index is 1.44. The van der Waals surface area contributed by atoms with Crippen molar-refractivity contribution in [2.75, 3.05) is 0 Å². The maximum absolute atomic E-state index is 13.3. The van der Waals surface area contributed by atoms with Crippen molar-refractivity contribution in [3.05, 3.63) is 102 Å². The van der Waals surface area contributed by atoms with E-state index in [2.05, 4.69) is 27.9 Å². The molecule has 1 heterocycles. The number of fused-ring (bicyclic) bond motifs is 1. The maximum Gasteiger partial charge on any atom is 0.257 e. The molecule has 2 atom stereocenters. The van der Waals surface area contributed by atoms with Gasteiger partial charge in [-0.3, -0.25) is 0 Å². The van der Waals surface area contributed by atoms with E-state index in [0.717, 1.165) is 33.0 Å². The van der Waals surface area contributed by atoms with Crippen molar-refractivity contribution in [3.63, 3.8) is 0 Å². The lowest BCUT2D eigenvalue weighted by molar-refractivity contribution is 0.485. The fraction of sp³-hybridized carbons (Fsp3) is 0.115. The van der Waals surface area contributed by atoms with Crippen LogP contribution < -0.4 is 4.72 Å². The van der Waals surface area contributed by atoms with E-state index >= 15 is 0 Å². The first-order valence-electron chi connectivity index (χ1n) is 10.6. The number of sulfonamides is 1. The van der Waals surface area contributed by atoms with Crippen molar-refractivity contribution < 1.29 is 12.8 Å². The molecule has 1 N–H and O–H groups in total. The van der Waals surface area contributed by atoms with Gasteiger partial charge in [-0.1, -0.05) is 78.0 Å². The van der Waals surface area contributed by atoms with E-state index in [0.29, 0.717) is 10.8 Å². The second-order valence-corrected chi connectivity index (χ2v) is 11.0. The maximum atomic E-state index is 13.3. The van der Waals surface area contributed by atoms with Gasteiger partial charge >= 0.3 is 0 Å². The highest BCUT2D eigenvalue weighted by Gasteiger charge is 2.38. The fourth-order valence-electron chi connectivity index (χ4n) is 4.46. The van der Waals surface area contributed by atoms with Gasteiger partial charge in [-0.15, -0.1) is 0 Å². The summed E-state index contributed by atoms with van der Waals surface area (Å²) in [6, 6.07) is 26.2. The smallest absolute Gasteiger partial charge is 0.257 e. The molecule has 5 aromatic rings. The number of benzene rings is 4. The van der Waals surface area contributed by atoms with E-state index < -0.39 is 16.1 Å². The third kappa shape index (κ3) is 3.53. The first kappa shape index (κ1) is 20.5. The van der Waals surface area contributed by atoms with E-state index in [-0.39, 0.29) is 10.1 Å². The molecule has 0 bridgehead atoms. The standard InChI is InChI=1S/C26H20N2O3S2/c1-16-12-14-18(15-13-16)33(29,30)28-24-19-8-4-6-17-7-5-9-20(23(17)19)25(24)32-26-27-21-10-2-3-11-22(21)31-26/h2-15,24-25,28H,1H3/t24-,25+/m0/s1. The highest BCUT2D eigenvalue weighted by atomic mass is 32.2. The minimum absolute atomic E-state index is 0.223. The summed E-state index contributed by atoms with van der Waals surface area (Å²) in [5.74, 6) is 0. The molecule has 0 aliphatic heterocycles. The van der Waals surface area contributed by atoms with Crippen LogP contribution in [-0.4, -0.2) is 13.4 Å². The second-order valence-electron chi connectivity index (χ2n) is 8.19. The topological polar surface area (TPSA) is 72.2 Å². The van der Waals surface area contributed by atoms with Crippen LogP contribution >= 0.6 is 11.8 Å². The van der Waals surface area contributed by atoms with Crippen LogP contribution in [0.25, 0.3) is 21.9 Å². The molecule has 6 rings (SSSR count). The molecule has 4 aromatic carbocycles. The Hall–Kier alpha value is -3.13. The van der Waals surface area contributed by atoms with Crippen molar-refractivity contribution in [1.29, 1.82) is 0 Å². The molecule has 5 nitrogen and oxygen atoms in total. The predicted octanol–water partition coefficient (Wildman–Crippen LogP) is 6.16. The third-order valence-corrected chi connectivity index (χ3v) is 8.64. The molecule has 0 fully saturated rings. The molecule has 0 saturated heterocycles. The van der Waals surface area contributed by atoms with Crippen LogP contribution in [0.3, 0.4) is 0 Å². The second kappa shape index (κ2) is 7.73. The molecule has 1 aromatic heterocycles. The van der Waals surface area contributed by atoms with Gasteiger partial charge in [0.2, 0.25) is 10.0 Å². The molecule has 0 amide bonds. The van der Waals surface area contributed by atoms with Crippen molar-refractivity contribution in [2.45, 2.75) is 28.3 Å². The number of aryl methyl sites for hydroxylation is 1. The van der Waals surface area contributed by atoms with Gasteiger partial charge in [0.05, 0.1) is 16.2 Å². The summed E-state index contributed by atoms with van der Waals surface area (Å²) in [6.45, 7) is 1.94. The average molecular weight is 473 g/mol. The van der Waals surface area contributed by atoms with Gasteiger partial charge in [-0.25, -0.2) is 18.1 Å². The number of hydrogen-bond acceptors (Lipinski definition) is 5. The largest absolute Gasteiger partial charge is 0.431 e. The van der Waals surface area contributed by atoms with Gasteiger partial charge in [0.15, 0.2) is 5.58 Å². The Morgan fingerprint density at radius 1 is 0.879 bits per heavy atom. The third-order valence-electron chi connectivity index (χ3n) is 6.03. The summed E-state index contributed by atoms with van der Waals surface area (Å²) >= 11 is 1.45. The minimum atomic E-state index is -3.74. The van der Waals surface area contributed by atoms with Crippen LogP contribution in [0.1, 0.15) is 28.0 Å². The van der Waals surface area contributed by atoms with Crippen molar-refractivity contribution >= 4 is 43.7 Å². The molecule has 7 heteroatoms. The number of hydrogen-bond donors (Lipinski definition) is 1. The Morgan fingerprint density at radius 2 is 1.61 bits per heavy atom. The zero-order chi connectivity index (χ0) is 22.6. The number of para-hydroxylation sites is 2. The quantitative estimate of drug-likeness (QED) is 0.332. The summed E-state index contributed by atoms with van der Waals surface area (Å²) in [5, 5.41) is 2.47. The summed E-state index contributed by atoms with van der Waals surface area (Å²) in [6.07, 6.45) is 0. The van der Waals surface area contributed by atoms with Gasteiger partial charge < -0.3 is 4.42 Å². The van der Waals surface area contributed by atoms with Crippen LogP contribution in [0, 0.1) is 6.92 Å². The molecule has 33 heavy (non-hydrogen) atoms. The van der Waals surface area contributed by atoms with Crippen molar-refractivity contribution in [2.24, 2.45) is 0 Å². The fourth-order valence-corrected chi connectivity index (χ4v) is 6.95. The van der Waals surface area contributed by atoms with Gasteiger partial charge in [0.1, 0.15) is 5.52 Å². The zero-order valence-electron chi connectivity index (χ0n) is 17.7. The SMILES string of the molecule is Cc1ccc(S(=O)(=O)N[C@H]2c3cccc4cccc(c34)[C@H]2Sc2nc3ccccc3o2)cc1. The molecule has 164 valence electrons. The van der Waals surface area contributed by atoms with E-state index in [1.165, 1.54) is 11.8 Å². The van der Waals surface area contributed by atoms with Gasteiger partial charge in [-0.05, 0) is 53.1 Å². The zero-order valence-corrected chi connectivity index (χ0v) is 19.4. The molecule has 1 aliphatic carbocycles. The van der Waals surface area contributed by atoms with E-state index in [1.807, 2.05) is 61.5 Å². The normalized spacial score (nSPS) is 17.7. The first-order chi connectivity index (χ1) is 16.0. The Labute approximate surface area is 195 Å². The van der Waals surface area contributed by atoms with Crippen molar-refractivity contribution in [3.8, 4) is 0 Å². The van der Waals surface area contributed by atoms with E-state index in [9.17, 15) is 8.42 Å². The molecular weight excluding hydrogens is 452 g/mol. The van der Waals surface area contributed by atoms with Gasteiger partial charge in [-0.2, -0.15) is 0 Å². The Morgan fingerprint density at radius 3 is 2.36 bits per heavy atom. The highest BCUT2D eigenvalue weighted by Crippen LogP contribution is 2.53. The lowest BCUT2D eigenvalue weighted by atomic mass is 10.1. The monoisotopic (exact) mass is 472 g/mol. The average Bonchev–Trinajstić information content (AvgIpc) is 3.35. The lowest BCUT2D eigenvalue weighted by Gasteiger charge is -2.21. The number of thioether (sulfide) groups is 1. The summed E-state index contributed by atoms with van der Waals surface area (Å²) in [7, 11) is -3.74. The minimum Gasteiger partial charge on any atom is -0.431 e. The van der Waals surface area contributed by atoms with E-state index in [1.54, 1.807) is 12.1 Å². The molecule has 0 saturated carbocycles. The van der Waals surface area contributed by atoms with E-state index in [4.69, 9.17) is 4.42 Å². The highest BCUT2D eigenvalue weighted by molar-refractivity contribution is 7.99. The molecule has 0 spiro atoms. The van der Waals surface area contributed by atoms with Crippen LogP contribution in [0.15, 0.2) is 99.5 Å². The lowest BCUT2D eigenvalue weighted by Crippen LogP contribution is -2.30. The Kier molecular flexibility index (Phi) is 4.79.